The van der Waals surface area contributed by atoms with Gasteiger partial charge in [0.15, 0.2) is 0 Å². The van der Waals surface area contributed by atoms with Crippen LogP contribution in [0.15, 0.2) is 36.5 Å². The molecule has 0 radical (unpaired) electrons. The van der Waals surface area contributed by atoms with Gasteiger partial charge in [-0.1, -0.05) is 29.8 Å². The van der Waals surface area contributed by atoms with Crippen LogP contribution in [0, 0.1) is 12.8 Å². The Morgan fingerprint density at radius 3 is 2.53 bits per heavy atom. The number of benzene rings is 1. The Labute approximate surface area is 175 Å². The summed E-state index contributed by atoms with van der Waals surface area (Å²) in [5.41, 5.74) is 3.03. The molecule has 2 heterocycles. The maximum absolute atomic E-state index is 12.5. The molecule has 2 aromatic rings. The summed E-state index contributed by atoms with van der Waals surface area (Å²) in [6.07, 6.45) is 1.21. The van der Waals surface area contributed by atoms with Crippen LogP contribution in [0.2, 0.25) is 0 Å². The number of aromatic nitrogens is 2. The molecule has 0 spiro atoms. The van der Waals surface area contributed by atoms with Crippen LogP contribution in [-0.2, 0) is 24.3 Å². The second kappa shape index (κ2) is 10.1. The van der Waals surface area contributed by atoms with Gasteiger partial charge in [-0.25, -0.2) is 0 Å². The van der Waals surface area contributed by atoms with Crippen LogP contribution in [0.3, 0.4) is 0 Å². The molecule has 1 saturated heterocycles. The SMILES string of the molecule is Cc1ccc(CCC2CCN(C(=O)CNCc3ccnn3CC(F)(F)F)CC2)cc1. The Morgan fingerprint density at radius 2 is 1.87 bits per heavy atom. The normalized spacial score (nSPS) is 15.5. The lowest BCUT2D eigenvalue weighted by molar-refractivity contribution is -0.143. The summed E-state index contributed by atoms with van der Waals surface area (Å²) in [6, 6.07) is 10.2. The van der Waals surface area contributed by atoms with Gasteiger partial charge in [-0.05, 0) is 50.2 Å². The van der Waals surface area contributed by atoms with Crippen molar-refractivity contribution >= 4 is 5.91 Å². The van der Waals surface area contributed by atoms with Gasteiger partial charge >= 0.3 is 6.18 Å². The molecule has 0 unspecified atom stereocenters. The van der Waals surface area contributed by atoms with Crippen molar-refractivity contribution in [3.8, 4) is 0 Å². The van der Waals surface area contributed by atoms with Crippen LogP contribution in [-0.4, -0.2) is 46.4 Å². The fourth-order valence-electron chi connectivity index (χ4n) is 3.83. The van der Waals surface area contributed by atoms with Gasteiger partial charge in [0.2, 0.25) is 5.91 Å². The number of carbonyl (C=O) groups is 1. The van der Waals surface area contributed by atoms with E-state index in [1.807, 2.05) is 4.90 Å². The number of carbonyl (C=O) groups excluding carboxylic acids is 1. The third kappa shape index (κ3) is 6.86. The largest absolute Gasteiger partial charge is 0.408 e. The zero-order chi connectivity index (χ0) is 21.6. The van der Waals surface area contributed by atoms with Crippen molar-refractivity contribution in [3.63, 3.8) is 0 Å². The van der Waals surface area contributed by atoms with Crippen molar-refractivity contribution < 1.29 is 18.0 Å². The Bertz CT molecular complexity index is 809. The number of halogens is 3. The molecule has 3 rings (SSSR count). The second-order valence-electron chi connectivity index (χ2n) is 8.05. The molecule has 0 bridgehead atoms. The van der Waals surface area contributed by atoms with E-state index in [0.717, 1.165) is 43.5 Å². The van der Waals surface area contributed by atoms with Crippen molar-refractivity contribution in [1.29, 1.82) is 0 Å². The summed E-state index contributed by atoms with van der Waals surface area (Å²) in [6.45, 7) is 2.74. The number of amides is 1. The van der Waals surface area contributed by atoms with E-state index in [-0.39, 0.29) is 19.0 Å². The van der Waals surface area contributed by atoms with Crippen LogP contribution in [0.4, 0.5) is 13.2 Å². The summed E-state index contributed by atoms with van der Waals surface area (Å²) in [7, 11) is 0. The van der Waals surface area contributed by atoms with E-state index in [0.29, 0.717) is 11.6 Å². The lowest BCUT2D eigenvalue weighted by atomic mass is 9.90. The third-order valence-electron chi connectivity index (χ3n) is 5.65. The molecule has 8 heteroatoms. The van der Waals surface area contributed by atoms with Crippen molar-refractivity contribution in [2.45, 2.75) is 51.9 Å². The fourth-order valence-corrected chi connectivity index (χ4v) is 3.83. The number of hydrogen-bond donors (Lipinski definition) is 1. The van der Waals surface area contributed by atoms with Crippen molar-refractivity contribution in [3.05, 3.63) is 53.3 Å². The van der Waals surface area contributed by atoms with E-state index in [1.54, 1.807) is 0 Å². The minimum absolute atomic E-state index is 0.00567. The predicted molar refractivity (Wildman–Crippen MR) is 109 cm³/mol. The van der Waals surface area contributed by atoms with E-state index in [2.05, 4.69) is 41.6 Å². The Hall–Kier alpha value is -2.35. The Morgan fingerprint density at radius 1 is 1.17 bits per heavy atom. The van der Waals surface area contributed by atoms with Crippen LogP contribution >= 0.6 is 0 Å². The molecular weight excluding hydrogens is 393 g/mol. The summed E-state index contributed by atoms with van der Waals surface area (Å²) in [4.78, 5) is 14.3. The van der Waals surface area contributed by atoms with Crippen molar-refractivity contribution in [1.82, 2.24) is 20.0 Å². The first-order chi connectivity index (χ1) is 14.3. The highest BCUT2D eigenvalue weighted by Crippen LogP contribution is 2.23. The number of aryl methyl sites for hydroxylation is 2. The number of hydrogen-bond acceptors (Lipinski definition) is 3. The average molecular weight is 422 g/mol. The quantitative estimate of drug-likeness (QED) is 0.706. The molecular formula is C22H29F3N4O. The van der Waals surface area contributed by atoms with Crippen LogP contribution in [0.25, 0.3) is 0 Å². The fraction of sp³-hybridized carbons (Fsp3) is 0.545. The molecule has 164 valence electrons. The average Bonchev–Trinajstić information content (AvgIpc) is 3.13. The number of nitrogens with one attached hydrogen (secondary N) is 1. The molecule has 1 aliphatic rings. The number of nitrogens with zero attached hydrogens (tertiary/aromatic N) is 3. The molecule has 1 N–H and O–H groups in total. The monoisotopic (exact) mass is 422 g/mol. The van der Waals surface area contributed by atoms with E-state index in [4.69, 9.17) is 0 Å². The van der Waals surface area contributed by atoms with Crippen LogP contribution in [0.1, 0.15) is 36.1 Å². The molecule has 5 nitrogen and oxygen atoms in total. The van der Waals surface area contributed by atoms with Crippen LogP contribution in [0.5, 0.6) is 0 Å². The van der Waals surface area contributed by atoms with E-state index in [9.17, 15) is 18.0 Å². The molecule has 1 aromatic heterocycles. The molecule has 0 atom stereocenters. The molecule has 0 saturated carbocycles. The molecule has 1 aliphatic heterocycles. The highest BCUT2D eigenvalue weighted by Gasteiger charge is 2.29. The number of alkyl halides is 3. The van der Waals surface area contributed by atoms with Crippen LogP contribution < -0.4 is 5.32 Å². The van der Waals surface area contributed by atoms with Crippen molar-refractivity contribution in [2.75, 3.05) is 19.6 Å². The van der Waals surface area contributed by atoms with Gasteiger partial charge < -0.3 is 10.2 Å². The first-order valence-electron chi connectivity index (χ1n) is 10.4. The maximum Gasteiger partial charge on any atom is 0.408 e. The van der Waals surface area contributed by atoms with E-state index < -0.39 is 12.7 Å². The number of piperidine rings is 1. The molecule has 1 aromatic carbocycles. The van der Waals surface area contributed by atoms with Gasteiger partial charge in [0.05, 0.1) is 12.2 Å². The number of rotatable bonds is 8. The third-order valence-corrected chi connectivity index (χ3v) is 5.65. The van der Waals surface area contributed by atoms with Gasteiger partial charge in [0.25, 0.3) is 0 Å². The first-order valence-corrected chi connectivity index (χ1v) is 10.4. The Balaban J connectivity index is 1.35. The van der Waals surface area contributed by atoms with Gasteiger partial charge in [0.1, 0.15) is 6.54 Å². The summed E-state index contributed by atoms with van der Waals surface area (Å²) < 4.78 is 38.6. The topological polar surface area (TPSA) is 50.2 Å². The van der Waals surface area contributed by atoms with Gasteiger partial charge in [-0.3, -0.25) is 9.48 Å². The Kier molecular flexibility index (Phi) is 7.53. The molecule has 0 aliphatic carbocycles. The smallest absolute Gasteiger partial charge is 0.342 e. The summed E-state index contributed by atoms with van der Waals surface area (Å²) in [5.74, 6) is 0.619. The zero-order valence-electron chi connectivity index (χ0n) is 17.3. The van der Waals surface area contributed by atoms with E-state index in [1.165, 1.54) is 23.4 Å². The standard InChI is InChI=1S/C22H29F3N4O/c1-17-2-4-18(5-3-17)6-7-19-9-12-28(13-10-19)21(30)15-26-14-20-8-11-27-29(20)16-22(23,24)25/h2-5,8,11,19,26H,6-7,9-10,12-16H2,1H3. The minimum Gasteiger partial charge on any atom is -0.342 e. The first kappa shape index (κ1) is 22.3. The second-order valence-corrected chi connectivity index (χ2v) is 8.05. The van der Waals surface area contributed by atoms with Gasteiger partial charge in [0, 0.05) is 25.8 Å². The highest BCUT2D eigenvalue weighted by atomic mass is 19.4. The predicted octanol–water partition coefficient (Wildman–Crippen LogP) is 3.71. The van der Waals surface area contributed by atoms with Gasteiger partial charge in [-0.15, -0.1) is 0 Å². The minimum atomic E-state index is -4.32. The lowest BCUT2D eigenvalue weighted by Crippen LogP contribution is -2.43. The molecule has 1 amide bonds. The molecule has 30 heavy (non-hydrogen) atoms. The summed E-state index contributed by atoms with van der Waals surface area (Å²) >= 11 is 0. The molecule has 1 fully saturated rings. The number of likely N-dealkylation sites (tertiary alicyclic amines) is 1. The summed E-state index contributed by atoms with van der Waals surface area (Å²) in [5, 5.41) is 6.66. The van der Waals surface area contributed by atoms with E-state index >= 15 is 0 Å². The lowest BCUT2D eigenvalue weighted by Gasteiger charge is -2.32. The van der Waals surface area contributed by atoms with Crippen molar-refractivity contribution in [2.24, 2.45) is 5.92 Å². The highest BCUT2D eigenvalue weighted by molar-refractivity contribution is 5.78. The maximum atomic E-state index is 12.5. The zero-order valence-corrected chi connectivity index (χ0v) is 17.3. The van der Waals surface area contributed by atoms with Gasteiger partial charge in [-0.2, -0.15) is 18.3 Å².